The van der Waals surface area contributed by atoms with Gasteiger partial charge in [-0.3, -0.25) is 9.80 Å². The van der Waals surface area contributed by atoms with Crippen LogP contribution in [0.5, 0.6) is 0 Å². The minimum Gasteiger partial charge on any atom is -0.321 e. The molecule has 2 aliphatic rings. The maximum Gasteiger partial charge on any atom is 0.416 e. The lowest BCUT2D eigenvalue weighted by Gasteiger charge is -2.48. The van der Waals surface area contributed by atoms with E-state index in [0.717, 1.165) is 17.7 Å². The Morgan fingerprint density at radius 2 is 1.24 bits per heavy atom. The number of amides is 2. The second-order valence-corrected chi connectivity index (χ2v) is 9.29. The fraction of sp³-hybridized carbons (Fsp3) is 0.458. The Kier molecular flexibility index (Phi) is 7.58. The normalized spacial score (nSPS) is 18.4. The zero-order chi connectivity index (χ0) is 27.9. The van der Waals surface area contributed by atoms with Gasteiger partial charge in [-0.05, 0) is 35.9 Å². The maximum atomic E-state index is 13.0. The van der Waals surface area contributed by atoms with Crippen molar-refractivity contribution in [1.82, 2.24) is 14.7 Å². The minimum atomic E-state index is -5.02. The molecule has 0 unspecified atom stereocenters. The molecule has 1 N–H and O–H groups in total. The standard InChI is InChI=1S/C24H23F9N4O/c25-22(26,27)16-3-1-15(2-4-16)12-35-5-7-36(8-6-35)20-13-37(14-20)21(38)34-19-10-17(23(28,29)30)9-18(11-19)24(31,32)33/h1-4,9-11,20H,5-8,12-14H2,(H,34,38). The molecule has 14 heteroatoms. The lowest BCUT2D eigenvalue weighted by molar-refractivity contribution is -0.143. The molecule has 2 aliphatic heterocycles. The number of benzene rings is 2. The number of halogens is 9. The molecule has 38 heavy (non-hydrogen) atoms. The van der Waals surface area contributed by atoms with E-state index in [-0.39, 0.29) is 25.2 Å². The zero-order valence-corrected chi connectivity index (χ0v) is 19.7. The number of hydrogen-bond donors (Lipinski definition) is 1. The summed E-state index contributed by atoms with van der Waals surface area (Å²) in [7, 11) is 0. The van der Waals surface area contributed by atoms with Gasteiger partial charge in [0.25, 0.3) is 0 Å². The number of anilines is 1. The summed E-state index contributed by atoms with van der Waals surface area (Å²) in [5.74, 6) is 0. The van der Waals surface area contributed by atoms with Crippen molar-refractivity contribution in [1.29, 1.82) is 0 Å². The number of urea groups is 1. The van der Waals surface area contributed by atoms with E-state index < -0.39 is 46.9 Å². The van der Waals surface area contributed by atoms with Crippen LogP contribution in [-0.2, 0) is 25.1 Å². The van der Waals surface area contributed by atoms with Gasteiger partial charge in [0.1, 0.15) is 0 Å². The van der Waals surface area contributed by atoms with Gasteiger partial charge in [0.15, 0.2) is 0 Å². The number of carbonyl (C=O) groups excluding carboxylic acids is 1. The van der Waals surface area contributed by atoms with Crippen molar-refractivity contribution in [3.63, 3.8) is 0 Å². The number of nitrogens with one attached hydrogen (secondary N) is 1. The van der Waals surface area contributed by atoms with Crippen LogP contribution in [-0.4, -0.2) is 66.0 Å². The third kappa shape index (κ3) is 6.70. The number of rotatable bonds is 4. The number of piperazine rings is 1. The van der Waals surface area contributed by atoms with E-state index >= 15 is 0 Å². The summed E-state index contributed by atoms with van der Waals surface area (Å²) in [4.78, 5) is 18.0. The molecule has 2 saturated heterocycles. The van der Waals surface area contributed by atoms with Crippen LogP contribution < -0.4 is 5.32 Å². The topological polar surface area (TPSA) is 38.8 Å². The molecule has 0 spiro atoms. The first kappa shape index (κ1) is 28.0. The van der Waals surface area contributed by atoms with Crippen molar-refractivity contribution in [2.45, 2.75) is 31.1 Å². The average molecular weight is 554 g/mol. The Labute approximate surface area is 211 Å². The van der Waals surface area contributed by atoms with E-state index in [1.807, 2.05) is 0 Å². The SMILES string of the molecule is O=C(Nc1cc(C(F)(F)F)cc(C(F)(F)F)c1)N1CC(N2CCN(Cc3ccc(C(F)(F)F)cc3)CC2)C1. The first-order valence-electron chi connectivity index (χ1n) is 11.6. The lowest BCUT2D eigenvalue weighted by atomic mass is 10.1. The monoisotopic (exact) mass is 554 g/mol. The molecule has 5 nitrogen and oxygen atoms in total. The van der Waals surface area contributed by atoms with Gasteiger partial charge in [-0.25, -0.2) is 4.79 Å². The van der Waals surface area contributed by atoms with Crippen LogP contribution in [0, 0.1) is 0 Å². The summed E-state index contributed by atoms with van der Waals surface area (Å²) in [6, 6.07) is 5.08. The lowest BCUT2D eigenvalue weighted by Crippen LogP contribution is -2.64. The number of alkyl halides is 9. The van der Waals surface area contributed by atoms with Crippen LogP contribution in [0.1, 0.15) is 22.3 Å². The predicted octanol–water partition coefficient (Wildman–Crippen LogP) is 5.78. The van der Waals surface area contributed by atoms with Crippen molar-refractivity contribution in [3.05, 3.63) is 64.7 Å². The van der Waals surface area contributed by atoms with Crippen molar-refractivity contribution in [2.24, 2.45) is 0 Å². The van der Waals surface area contributed by atoms with Gasteiger partial charge in [0, 0.05) is 57.5 Å². The van der Waals surface area contributed by atoms with Gasteiger partial charge < -0.3 is 10.2 Å². The molecule has 208 valence electrons. The highest BCUT2D eigenvalue weighted by Crippen LogP contribution is 2.37. The van der Waals surface area contributed by atoms with Gasteiger partial charge in [-0.1, -0.05) is 12.1 Å². The molecule has 0 aromatic heterocycles. The zero-order valence-electron chi connectivity index (χ0n) is 19.7. The summed E-state index contributed by atoms with van der Waals surface area (Å²) < 4.78 is 116. The molecular formula is C24H23F9N4O. The van der Waals surface area contributed by atoms with E-state index in [0.29, 0.717) is 44.9 Å². The van der Waals surface area contributed by atoms with Gasteiger partial charge >= 0.3 is 24.6 Å². The maximum absolute atomic E-state index is 13.0. The highest BCUT2D eigenvalue weighted by Gasteiger charge is 2.39. The fourth-order valence-electron chi connectivity index (χ4n) is 4.43. The minimum absolute atomic E-state index is 0.00741. The van der Waals surface area contributed by atoms with Crippen molar-refractivity contribution >= 4 is 11.7 Å². The number of hydrogen-bond acceptors (Lipinski definition) is 3. The first-order valence-corrected chi connectivity index (χ1v) is 11.6. The molecule has 4 rings (SSSR count). The quantitative estimate of drug-likeness (QED) is 0.488. The number of likely N-dealkylation sites (tertiary alicyclic amines) is 1. The van der Waals surface area contributed by atoms with E-state index in [1.165, 1.54) is 17.0 Å². The number of carbonyl (C=O) groups is 1. The Morgan fingerprint density at radius 1 is 0.737 bits per heavy atom. The Hall–Kier alpha value is -3.00. The van der Waals surface area contributed by atoms with Crippen LogP contribution in [0.15, 0.2) is 42.5 Å². The van der Waals surface area contributed by atoms with E-state index in [2.05, 4.69) is 15.1 Å². The van der Waals surface area contributed by atoms with E-state index in [4.69, 9.17) is 0 Å². The van der Waals surface area contributed by atoms with Crippen LogP contribution in [0.25, 0.3) is 0 Å². The molecule has 0 aliphatic carbocycles. The van der Waals surface area contributed by atoms with E-state index in [9.17, 15) is 44.3 Å². The molecule has 0 saturated carbocycles. The van der Waals surface area contributed by atoms with Crippen molar-refractivity contribution in [3.8, 4) is 0 Å². The van der Waals surface area contributed by atoms with Gasteiger partial charge in [0.05, 0.1) is 16.7 Å². The second-order valence-electron chi connectivity index (χ2n) is 9.29. The Bertz CT molecular complexity index is 1100. The van der Waals surface area contributed by atoms with Gasteiger partial charge in [-0.2, -0.15) is 39.5 Å². The molecule has 2 fully saturated rings. The van der Waals surface area contributed by atoms with Crippen LogP contribution in [0.3, 0.4) is 0 Å². The third-order valence-electron chi connectivity index (χ3n) is 6.60. The molecule has 2 aromatic rings. The van der Waals surface area contributed by atoms with Crippen molar-refractivity contribution in [2.75, 3.05) is 44.6 Å². The summed E-state index contributed by atoms with van der Waals surface area (Å²) in [5, 5.41) is 2.13. The largest absolute Gasteiger partial charge is 0.416 e. The summed E-state index contributed by atoms with van der Waals surface area (Å²) in [6.45, 7) is 3.59. The molecule has 2 heterocycles. The molecule has 0 atom stereocenters. The molecule has 2 amide bonds. The van der Waals surface area contributed by atoms with Crippen molar-refractivity contribution < 1.29 is 44.3 Å². The summed E-state index contributed by atoms with van der Waals surface area (Å²) >= 11 is 0. The highest BCUT2D eigenvalue weighted by atomic mass is 19.4. The number of nitrogens with zero attached hydrogens (tertiary/aromatic N) is 3. The Balaban J connectivity index is 1.26. The summed E-state index contributed by atoms with van der Waals surface area (Å²) in [6.07, 6.45) is -14.4. The van der Waals surface area contributed by atoms with E-state index in [1.54, 1.807) is 0 Å². The average Bonchev–Trinajstić information content (AvgIpc) is 2.77. The van der Waals surface area contributed by atoms with Gasteiger partial charge in [-0.15, -0.1) is 0 Å². The molecule has 0 radical (unpaired) electrons. The highest BCUT2D eigenvalue weighted by molar-refractivity contribution is 5.90. The first-order chi connectivity index (χ1) is 17.6. The van der Waals surface area contributed by atoms with Crippen LogP contribution >= 0.6 is 0 Å². The van der Waals surface area contributed by atoms with Gasteiger partial charge in [0.2, 0.25) is 0 Å². The molecular weight excluding hydrogens is 531 g/mol. The predicted molar refractivity (Wildman–Crippen MR) is 119 cm³/mol. The summed E-state index contributed by atoms with van der Waals surface area (Å²) in [5.41, 5.74) is -3.59. The van der Waals surface area contributed by atoms with Crippen LogP contribution in [0.4, 0.5) is 50.0 Å². The Morgan fingerprint density at radius 3 is 1.71 bits per heavy atom. The molecule has 0 bridgehead atoms. The van der Waals surface area contributed by atoms with Crippen LogP contribution in [0.2, 0.25) is 0 Å². The smallest absolute Gasteiger partial charge is 0.321 e. The third-order valence-corrected chi connectivity index (χ3v) is 6.60. The molecule has 2 aromatic carbocycles. The fourth-order valence-corrected chi connectivity index (χ4v) is 4.43. The second kappa shape index (κ2) is 10.3.